The van der Waals surface area contributed by atoms with Crippen molar-refractivity contribution in [3.8, 4) is 0 Å². The van der Waals surface area contributed by atoms with E-state index in [1.165, 1.54) is 6.42 Å². The average molecular weight is 263 g/mol. The van der Waals surface area contributed by atoms with Gasteiger partial charge < -0.3 is 15.4 Å². The molecular weight excluding hydrogens is 240 g/mol. The van der Waals surface area contributed by atoms with Crippen LogP contribution in [-0.4, -0.2) is 37.7 Å². The highest BCUT2D eigenvalue weighted by molar-refractivity contribution is 5.85. The molecule has 0 aromatic heterocycles. The number of carbonyl (C=O) groups excluding carboxylic acids is 1. The summed E-state index contributed by atoms with van der Waals surface area (Å²) in [4.78, 5) is 11.8. The lowest BCUT2D eigenvalue weighted by Crippen LogP contribution is -2.46. The molecule has 2 fully saturated rings. The van der Waals surface area contributed by atoms with Gasteiger partial charge in [0.25, 0.3) is 0 Å². The van der Waals surface area contributed by atoms with Crippen LogP contribution in [0.5, 0.6) is 0 Å². The van der Waals surface area contributed by atoms with Crippen LogP contribution in [0.25, 0.3) is 0 Å². The molecule has 2 rings (SSSR count). The summed E-state index contributed by atoms with van der Waals surface area (Å²) in [5.41, 5.74) is 0. The molecule has 2 aliphatic rings. The van der Waals surface area contributed by atoms with Gasteiger partial charge in [-0.25, -0.2) is 0 Å². The first-order valence-electron chi connectivity index (χ1n) is 6.46. The molecule has 0 spiro atoms. The number of carbonyl (C=O) groups is 1. The fourth-order valence-electron chi connectivity index (χ4n) is 2.44. The van der Waals surface area contributed by atoms with Crippen molar-refractivity contribution in [1.82, 2.24) is 10.6 Å². The minimum absolute atomic E-state index is 0. The second-order valence-corrected chi connectivity index (χ2v) is 4.80. The quantitative estimate of drug-likeness (QED) is 0.805. The number of hydrogen-bond acceptors (Lipinski definition) is 3. The maximum Gasteiger partial charge on any atom is 0.222 e. The Bertz CT molecular complexity index is 205. The Morgan fingerprint density at radius 3 is 2.82 bits per heavy atom. The Balaban J connectivity index is 0.00000144. The number of hydrogen-bond donors (Lipinski definition) is 2. The lowest BCUT2D eigenvalue weighted by atomic mass is 10.0. The summed E-state index contributed by atoms with van der Waals surface area (Å²) < 4.78 is 5.56. The number of rotatable bonds is 3. The third-order valence-electron chi connectivity index (χ3n) is 3.35. The molecule has 2 aliphatic heterocycles. The largest absolute Gasteiger partial charge is 0.378 e. The normalized spacial score (nSPS) is 29.2. The van der Waals surface area contributed by atoms with Crippen molar-refractivity contribution in [3.63, 3.8) is 0 Å². The first kappa shape index (κ1) is 14.7. The van der Waals surface area contributed by atoms with Crippen LogP contribution in [0.4, 0.5) is 0 Å². The standard InChI is InChI=1S/C12H22N2O2.ClH/c15-12(8-11-5-1-2-7-16-11)14-10-4-3-6-13-9-10;/h10-11,13H,1-9H2,(H,14,15);1H/t10-,11?;/m1./s1. The maximum atomic E-state index is 11.8. The zero-order valence-corrected chi connectivity index (χ0v) is 11.1. The van der Waals surface area contributed by atoms with Crippen molar-refractivity contribution in [1.29, 1.82) is 0 Å². The number of amides is 1. The zero-order chi connectivity index (χ0) is 11.2. The fraction of sp³-hybridized carbons (Fsp3) is 0.917. The van der Waals surface area contributed by atoms with Crippen molar-refractivity contribution >= 4 is 18.3 Å². The van der Waals surface area contributed by atoms with Crippen LogP contribution in [0.2, 0.25) is 0 Å². The summed E-state index contributed by atoms with van der Waals surface area (Å²) in [6.45, 7) is 2.82. The van der Waals surface area contributed by atoms with Gasteiger partial charge in [0.1, 0.15) is 0 Å². The summed E-state index contributed by atoms with van der Waals surface area (Å²) in [6, 6.07) is 0.324. The van der Waals surface area contributed by atoms with E-state index < -0.39 is 0 Å². The molecule has 4 nitrogen and oxygen atoms in total. The number of nitrogens with one attached hydrogen (secondary N) is 2. The Hall–Kier alpha value is -0.320. The highest BCUT2D eigenvalue weighted by atomic mass is 35.5. The van der Waals surface area contributed by atoms with Gasteiger partial charge in [0.15, 0.2) is 0 Å². The average Bonchev–Trinajstić information content (AvgIpc) is 2.31. The molecule has 0 aliphatic carbocycles. The van der Waals surface area contributed by atoms with Gasteiger partial charge in [-0.3, -0.25) is 4.79 Å². The van der Waals surface area contributed by atoms with Crippen molar-refractivity contribution < 1.29 is 9.53 Å². The predicted octanol–water partition coefficient (Wildman–Crippen LogP) is 1.24. The molecule has 0 aromatic rings. The van der Waals surface area contributed by atoms with E-state index in [1.807, 2.05) is 0 Å². The summed E-state index contributed by atoms with van der Waals surface area (Å²) >= 11 is 0. The number of ether oxygens (including phenoxy) is 1. The molecular formula is C12H23ClN2O2. The summed E-state index contributed by atoms with van der Waals surface area (Å²) in [6.07, 6.45) is 6.33. The lowest BCUT2D eigenvalue weighted by molar-refractivity contribution is -0.125. The van der Waals surface area contributed by atoms with Gasteiger partial charge in [0, 0.05) is 19.2 Å². The van der Waals surface area contributed by atoms with Crippen LogP contribution in [0, 0.1) is 0 Å². The third kappa shape index (κ3) is 5.23. The Labute approximate surface area is 109 Å². The van der Waals surface area contributed by atoms with Gasteiger partial charge >= 0.3 is 0 Å². The highest BCUT2D eigenvalue weighted by Crippen LogP contribution is 2.15. The molecule has 2 N–H and O–H groups in total. The SMILES string of the molecule is Cl.O=C(CC1CCCCO1)N[C@@H]1CCCNC1. The van der Waals surface area contributed by atoms with Gasteiger partial charge in [-0.15, -0.1) is 12.4 Å². The van der Waals surface area contributed by atoms with E-state index in [0.717, 1.165) is 45.4 Å². The van der Waals surface area contributed by atoms with Crippen molar-refractivity contribution in [2.24, 2.45) is 0 Å². The van der Waals surface area contributed by atoms with Crippen LogP contribution < -0.4 is 10.6 Å². The van der Waals surface area contributed by atoms with Gasteiger partial charge in [-0.2, -0.15) is 0 Å². The molecule has 1 unspecified atom stereocenters. The van der Waals surface area contributed by atoms with Crippen LogP contribution in [-0.2, 0) is 9.53 Å². The van der Waals surface area contributed by atoms with Crippen LogP contribution in [0.1, 0.15) is 38.5 Å². The van der Waals surface area contributed by atoms with E-state index in [0.29, 0.717) is 12.5 Å². The Morgan fingerprint density at radius 2 is 2.18 bits per heavy atom. The Morgan fingerprint density at radius 1 is 1.29 bits per heavy atom. The summed E-state index contributed by atoms with van der Waals surface area (Å²) in [7, 11) is 0. The van der Waals surface area contributed by atoms with Gasteiger partial charge in [-0.1, -0.05) is 0 Å². The van der Waals surface area contributed by atoms with E-state index >= 15 is 0 Å². The van der Waals surface area contributed by atoms with E-state index in [-0.39, 0.29) is 24.4 Å². The van der Waals surface area contributed by atoms with Gasteiger partial charge in [-0.05, 0) is 38.6 Å². The first-order chi connectivity index (χ1) is 7.84. The number of halogens is 1. The highest BCUT2D eigenvalue weighted by Gasteiger charge is 2.20. The lowest BCUT2D eigenvalue weighted by Gasteiger charge is -2.26. The van der Waals surface area contributed by atoms with Crippen LogP contribution in [0.15, 0.2) is 0 Å². The van der Waals surface area contributed by atoms with E-state index in [2.05, 4.69) is 10.6 Å². The minimum atomic E-state index is 0. The molecule has 0 aromatic carbocycles. The van der Waals surface area contributed by atoms with Crippen molar-refractivity contribution in [3.05, 3.63) is 0 Å². The van der Waals surface area contributed by atoms with Crippen LogP contribution >= 0.6 is 12.4 Å². The molecule has 2 atom stereocenters. The molecule has 0 bridgehead atoms. The van der Waals surface area contributed by atoms with Gasteiger partial charge in [0.2, 0.25) is 5.91 Å². The smallest absolute Gasteiger partial charge is 0.222 e. The van der Waals surface area contributed by atoms with Gasteiger partial charge in [0.05, 0.1) is 12.5 Å². The summed E-state index contributed by atoms with van der Waals surface area (Å²) in [5.74, 6) is 0.153. The van der Waals surface area contributed by atoms with E-state index in [4.69, 9.17) is 4.74 Å². The third-order valence-corrected chi connectivity index (χ3v) is 3.35. The predicted molar refractivity (Wildman–Crippen MR) is 69.5 cm³/mol. The second kappa shape index (κ2) is 7.90. The number of piperidine rings is 1. The van der Waals surface area contributed by atoms with Crippen molar-refractivity contribution in [2.45, 2.75) is 50.7 Å². The monoisotopic (exact) mass is 262 g/mol. The molecule has 2 heterocycles. The Kier molecular flexibility index (Phi) is 6.85. The first-order valence-corrected chi connectivity index (χ1v) is 6.46. The fourth-order valence-corrected chi connectivity index (χ4v) is 2.44. The molecule has 17 heavy (non-hydrogen) atoms. The van der Waals surface area contributed by atoms with E-state index in [9.17, 15) is 4.79 Å². The molecule has 2 saturated heterocycles. The minimum Gasteiger partial charge on any atom is -0.378 e. The molecule has 100 valence electrons. The summed E-state index contributed by atoms with van der Waals surface area (Å²) in [5, 5.41) is 6.38. The maximum absolute atomic E-state index is 11.8. The molecule has 0 radical (unpaired) electrons. The van der Waals surface area contributed by atoms with E-state index in [1.54, 1.807) is 0 Å². The van der Waals surface area contributed by atoms with Crippen LogP contribution in [0.3, 0.4) is 0 Å². The zero-order valence-electron chi connectivity index (χ0n) is 10.2. The topological polar surface area (TPSA) is 50.4 Å². The molecule has 1 amide bonds. The second-order valence-electron chi connectivity index (χ2n) is 4.80. The van der Waals surface area contributed by atoms with Crippen molar-refractivity contribution in [2.75, 3.05) is 19.7 Å². The molecule has 0 saturated carbocycles. The molecule has 5 heteroatoms.